The molecule has 2 aromatic rings. The zero-order valence-corrected chi connectivity index (χ0v) is 9.85. The van der Waals surface area contributed by atoms with Crippen molar-refractivity contribution in [3.8, 4) is 0 Å². The average Bonchev–Trinajstić information content (AvgIpc) is 2.98. The quantitative estimate of drug-likeness (QED) is 0.498. The zero-order valence-electron chi connectivity index (χ0n) is 9.85. The number of hydrogen-bond acceptors (Lipinski definition) is 5. The van der Waals surface area contributed by atoms with Crippen LogP contribution in [0.1, 0.15) is 16.1 Å². The number of carbonyl (C=O) groups is 1. The van der Waals surface area contributed by atoms with Gasteiger partial charge in [0.15, 0.2) is 5.76 Å². The molecule has 19 heavy (non-hydrogen) atoms. The monoisotopic (exact) mass is 257 g/mol. The molecule has 1 aromatic carbocycles. The van der Waals surface area contributed by atoms with Gasteiger partial charge in [0, 0.05) is 5.56 Å². The summed E-state index contributed by atoms with van der Waals surface area (Å²) in [5.74, 6) is -0.332. The second-order valence-electron chi connectivity index (χ2n) is 3.53. The highest BCUT2D eigenvalue weighted by Crippen LogP contribution is 2.01. The largest absolute Gasteiger partial charge is 0.459 e. The Morgan fingerprint density at radius 2 is 2.00 bits per heavy atom. The molecule has 0 fully saturated rings. The molecule has 1 heterocycles. The Morgan fingerprint density at radius 1 is 1.21 bits per heavy atom. The molecule has 6 nitrogen and oxygen atoms in total. The molecular formula is C13H11N3O3. The minimum Gasteiger partial charge on any atom is -0.459 e. The summed E-state index contributed by atoms with van der Waals surface area (Å²) in [6.07, 6.45) is 2.53. The van der Waals surface area contributed by atoms with Gasteiger partial charge in [-0.15, -0.1) is 0 Å². The highest BCUT2D eigenvalue weighted by Gasteiger charge is 2.08. The molecule has 0 unspecified atom stereocenters. The number of amides is 1. The van der Waals surface area contributed by atoms with Crippen LogP contribution in [0.3, 0.4) is 0 Å². The predicted molar refractivity (Wildman–Crippen MR) is 69.4 cm³/mol. The van der Waals surface area contributed by atoms with Crippen molar-refractivity contribution in [3.63, 3.8) is 0 Å². The van der Waals surface area contributed by atoms with Crippen LogP contribution in [-0.4, -0.2) is 23.0 Å². The lowest BCUT2D eigenvalue weighted by Gasteiger charge is -2.01. The molecule has 0 radical (unpaired) electrons. The summed E-state index contributed by atoms with van der Waals surface area (Å²) < 4.78 is 4.93. The molecule has 0 atom stereocenters. The van der Waals surface area contributed by atoms with E-state index in [0.717, 1.165) is 6.21 Å². The molecule has 0 saturated carbocycles. The van der Waals surface area contributed by atoms with Gasteiger partial charge in [0.2, 0.25) is 0 Å². The van der Waals surface area contributed by atoms with Crippen molar-refractivity contribution in [1.82, 2.24) is 5.43 Å². The van der Waals surface area contributed by atoms with Crippen molar-refractivity contribution in [3.05, 3.63) is 60.1 Å². The van der Waals surface area contributed by atoms with Gasteiger partial charge in [-0.3, -0.25) is 4.79 Å². The number of nitrogens with one attached hydrogen (secondary N) is 1. The second-order valence-corrected chi connectivity index (χ2v) is 3.53. The summed E-state index contributed by atoms with van der Waals surface area (Å²) in [5.41, 5.74) is 3.35. The molecule has 0 aliphatic heterocycles. The average molecular weight is 257 g/mol. The predicted octanol–water partition coefficient (Wildman–Crippen LogP) is 1.87. The number of hydrazone groups is 1. The Morgan fingerprint density at radius 3 is 2.63 bits per heavy atom. The van der Waals surface area contributed by atoms with Gasteiger partial charge >= 0.3 is 5.91 Å². The molecule has 0 spiro atoms. The summed E-state index contributed by atoms with van der Waals surface area (Å²) in [4.78, 5) is 11.6. The van der Waals surface area contributed by atoms with E-state index in [1.165, 1.54) is 12.3 Å². The van der Waals surface area contributed by atoms with E-state index in [-0.39, 0.29) is 5.76 Å². The SMILES string of the molecule is O=C(N/N=C(\C=N/O)c1ccccc1)c1ccco1. The van der Waals surface area contributed by atoms with Crippen LogP contribution >= 0.6 is 0 Å². The van der Waals surface area contributed by atoms with Crippen LogP contribution in [-0.2, 0) is 0 Å². The van der Waals surface area contributed by atoms with E-state index < -0.39 is 5.91 Å². The molecule has 2 rings (SSSR count). The summed E-state index contributed by atoms with van der Waals surface area (Å²) in [5, 5.41) is 15.4. The van der Waals surface area contributed by atoms with Crippen LogP contribution in [0.25, 0.3) is 0 Å². The highest BCUT2D eigenvalue weighted by molar-refractivity contribution is 6.38. The molecule has 1 aromatic heterocycles. The summed E-state index contributed by atoms with van der Waals surface area (Å²) in [7, 11) is 0. The standard InChI is InChI=1S/C13H11N3O3/c17-13(12-7-4-8-19-12)16-15-11(9-14-18)10-5-2-1-3-6-10/h1-9,18H,(H,16,17)/b14-9-,15-11+. The van der Waals surface area contributed by atoms with Gasteiger partial charge in [-0.05, 0) is 12.1 Å². The third-order valence-electron chi connectivity index (χ3n) is 2.27. The van der Waals surface area contributed by atoms with E-state index in [1.54, 1.807) is 18.2 Å². The smallest absolute Gasteiger partial charge is 0.307 e. The van der Waals surface area contributed by atoms with Crippen LogP contribution in [0.4, 0.5) is 0 Å². The minimum atomic E-state index is -0.482. The lowest BCUT2D eigenvalue weighted by Crippen LogP contribution is -2.20. The molecule has 96 valence electrons. The van der Waals surface area contributed by atoms with E-state index in [1.807, 2.05) is 18.2 Å². The maximum atomic E-state index is 11.6. The van der Waals surface area contributed by atoms with Crippen molar-refractivity contribution in [2.24, 2.45) is 10.3 Å². The van der Waals surface area contributed by atoms with Crippen LogP contribution < -0.4 is 5.43 Å². The van der Waals surface area contributed by atoms with Gasteiger partial charge in [-0.25, -0.2) is 5.43 Å². The molecule has 0 aliphatic carbocycles. The van der Waals surface area contributed by atoms with E-state index in [9.17, 15) is 4.79 Å². The van der Waals surface area contributed by atoms with Gasteiger partial charge in [0.25, 0.3) is 0 Å². The Labute approximate surface area is 109 Å². The van der Waals surface area contributed by atoms with E-state index >= 15 is 0 Å². The molecule has 1 amide bonds. The Balaban J connectivity index is 2.16. The number of benzene rings is 1. The van der Waals surface area contributed by atoms with E-state index in [4.69, 9.17) is 9.62 Å². The Kier molecular flexibility index (Phi) is 4.07. The number of rotatable bonds is 4. The van der Waals surface area contributed by atoms with Crippen LogP contribution in [0, 0.1) is 0 Å². The zero-order chi connectivity index (χ0) is 13.5. The molecule has 0 bridgehead atoms. The van der Waals surface area contributed by atoms with E-state index in [2.05, 4.69) is 15.7 Å². The topological polar surface area (TPSA) is 87.2 Å². The van der Waals surface area contributed by atoms with Gasteiger partial charge in [0.05, 0.1) is 12.5 Å². The molecule has 6 heteroatoms. The van der Waals surface area contributed by atoms with Crippen molar-refractivity contribution >= 4 is 17.8 Å². The van der Waals surface area contributed by atoms with Gasteiger partial charge in [0.1, 0.15) is 5.71 Å². The first-order valence-electron chi connectivity index (χ1n) is 5.45. The first kappa shape index (κ1) is 12.6. The number of hydrogen-bond donors (Lipinski definition) is 2. The third kappa shape index (κ3) is 3.29. The summed E-state index contributed by atoms with van der Waals surface area (Å²) in [6.45, 7) is 0. The van der Waals surface area contributed by atoms with Crippen molar-refractivity contribution in [1.29, 1.82) is 0 Å². The normalized spacial score (nSPS) is 11.7. The first-order valence-corrected chi connectivity index (χ1v) is 5.45. The first-order chi connectivity index (χ1) is 9.31. The Hall–Kier alpha value is -2.89. The van der Waals surface area contributed by atoms with Gasteiger partial charge in [-0.1, -0.05) is 35.5 Å². The van der Waals surface area contributed by atoms with Gasteiger partial charge < -0.3 is 9.62 Å². The second kappa shape index (κ2) is 6.15. The maximum Gasteiger partial charge on any atom is 0.307 e. The van der Waals surface area contributed by atoms with Crippen LogP contribution in [0.2, 0.25) is 0 Å². The molecule has 2 N–H and O–H groups in total. The van der Waals surface area contributed by atoms with Crippen molar-refractivity contribution < 1.29 is 14.4 Å². The van der Waals surface area contributed by atoms with E-state index in [0.29, 0.717) is 11.3 Å². The third-order valence-corrected chi connectivity index (χ3v) is 2.27. The summed E-state index contributed by atoms with van der Waals surface area (Å²) >= 11 is 0. The summed E-state index contributed by atoms with van der Waals surface area (Å²) in [6, 6.07) is 12.1. The number of nitrogens with zero attached hydrogens (tertiary/aromatic N) is 2. The fourth-order valence-corrected chi connectivity index (χ4v) is 1.41. The van der Waals surface area contributed by atoms with Crippen LogP contribution in [0.5, 0.6) is 0 Å². The van der Waals surface area contributed by atoms with Crippen molar-refractivity contribution in [2.45, 2.75) is 0 Å². The van der Waals surface area contributed by atoms with Crippen LogP contribution in [0.15, 0.2) is 63.4 Å². The van der Waals surface area contributed by atoms with Crippen molar-refractivity contribution in [2.75, 3.05) is 0 Å². The number of oxime groups is 1. The molecular weight excluding hydrogens is 246 g/mol. The number of carbonyl (C=O) groups excluding carboxylic acids is 1. The Bertz CT molecular complexity index is 589. The number of furan rings is 1. The lowest BCUT2D eigenvalue weighted by molar-refractivity contribution is 0.0927. The molecule has 0 saturated heterocycles. The van der Waals surface area contributed by atoms with Gasteiger partial charge in [-0.2, -0.15) is 5.10 Å². The molecule has 0 aliphatic rings. The lowest BCUT2D eigenvalue weighted by atomic mass is 10.1. The highest BCUT2D eigenvalue weighted by atomic mass is 16.4. The minimum absolute atomic E-state index is 0.150. The maximum absolute atomic E-state index is 11.6. The fourth-order valence-electron chi connectivity index (χ4n) is 1.41. The fraction of sp³-hybridized carbons (Fsp3) is 0.